The molecule has 1 aromatic heterocycles. The minimum atomic E-state index is -0.115. The topological polar surface area (TPSA) is 61.4 Å². The fourth-order valence-electron chi connectivity index (χ4n) is 2.77. The van der Waals surface area contributed by atoms with Gasteiger partial charge in [-0.25, -0.2) is 9.97 Å². The third-order valence-electron chi connectivity index (χ3n) is 4.17. The molecule has 1 amide bonds. The number of hydrogen-bond donors (Lipinski definition) is 1. The van der Waals surface area contributed by atoms with Crippen molar-refractivity contribution in [3.63, 3.8) is 0 Å². The van der Waals surface area contributed by atoms with E-state index in [2.05, 4.69) is 20.2 Å². The minimum Gasteiger partial charge on any atom is -0.378 e. The summed E-state index contributed by atoms with van der Waals surface area (Å²) in [5, 5.41) is 2.89. The molecular weight excluding hydrogens is 302 g/mol. The molecule has 0 atom stereocenters. The summed E-state index contributed by atoms with van der Waals surface area (Å²) in [6.45, 7) is 2.41. The largest absolute Gasteiger partial charge is 0.378 e. The number of carbonyl (C=O) groups excluding carboxylic acids is 1. The van der Waals surface area contributed by atoms with Crippen LogP contribution in [0.5, 0.6) is 0 Å². The Hall–Kier alpha value is -2.63. The molecule has 1 saturated heterocycles. The third-order valence-corrected chi connectivity index (χ3v) is 4.17. The lowest BCUT2D eigenvalue weighted by atomic mass is 10.2. The van der Waals surface area contributed by atoms with Gasteiger partial charge in [-0.1, -0.05) is 0 Å². The predicted molar refractivity (Wildman–Crippen MR) is 95.4 cm³/mol. The van der Waals surface area contributed by atoms with Crippen LogP contribution in [0.15, 0.2) is 36.5 Å². The summed E-state index contributed by atoms with van der Waals surface area (Å²) in [6, 6.07) is 9.44. The number of nitrogens with zero attached hydrogens (tertiary/aromatic N) is 4. The van der Waals surface area contributed by atoms with Crippen molar-refractivity contribution in [2.24, 2.45) is 0 Å². The first kappa shape index (κ1) is 16.2. The summed E-state index contributed by atoms with van der Waals surface area (Å²) in [5.41, 5.74) is 1.70. The summed E-state index contributed by atoms with van der Waals surface area (Å²) in [4.78, 5) is 25.3. The molecule has 0 bridgehead atoms. The second-order valence-electron chi connectivity index (χ2n) is 6.15. The van der Waals surface area contributed by atoms with Crippen LogP contribution >= 0.6 is 0 Å². The molecule has 3 rings (SSSR count). The molecular formula is C18H23N5O. The van der Waals surface area contributed by atoms with Crippen LogP contribution in [0.4, 0.5) is 11.5 Å². The van der Waals surface area contributed by atoms with E-state index in [-0.39, 0.29) is 5.91 Å². The van der Waals surface area contributed by atoms with Gasteiger partial charge in [-0.3, -0.25) is 4.79 Å². The molecule has 1 N–H and O–H groups in total. The normalized spacial score (nSPS) is 13.8. The number of carbonyl (C=O) groups is 1. The molecule has 6 heteroatoms. The van der Waals surface area contributed by atoms with Gasteiger partial charge >= 0.3 is 0 Å². The van der Waals surface area contributed by atoms with Gasteiger partial charge in [-0.15, -0.1) is 0 Å². The lowest BCUT2D eigenvalue weighted by Crippen LogP contribution is -2.25. The maximum Gasteiger partial charge on any atom is 0.251 e. The molecule has 6 nitrogen and oxygen atoms in total. The van der Waals surface area contributed by atoms with E-state index in [1.807, 2.05) is 49.3 Å². The Bertz CT molecular complexity index is 693. The van der Waals surface area contributed by atoms with Crippen LogP contribution in [0.25, 0.3) is 0 Å². The first-order valence-electron chi connectivity index (χ1n) is 8.26. The SMILES string of the molecule is CN(C)c1ccc(C(=O)NCc2nccc(N3CCCC3)n2)cc1. The Balaban J connectivity index is 1.60. The summed E-state index contributed by atoms with van der Waals surface area (Å²) >= 11 is 0. The van der Waals surface area contributed by atoms with Crippen LogP contribution in [-0.4, -0.2) is 43.1 Å². The maximum atomic E-state index is 12.2. The van der Waals surface area contributed by atoms with E-state index in [1.165, 1.54) is 12.8 Å². The smallest absolute Gasteiger partial charge is 0.251 e. The summed E-state index contributed by atoms with van der Waals surface area (Å²) < 4.78 is 0. The Morgan fingerprint density at radius 2 is 1.88 bits per heavy atom. The number of anilines is 2. The number of hydrogen-bond acceptors (Lipinski definition) is 5. The van der Waals surface area contributed by atoms with E-state index in [0.29, 0.717) is 17.9 Å². The quantitative estimate of drug-likeness (QED) is 0.912. The first-order chi connectivity index (χ1) is 11.6. The molecule has 126 valence electrons. The van der Waals surface area contributed by atoms with Crippen molar-refractivity contribution in [3.05, 3.63) is 47.9 Å². The molecule has 2 heterocycles. The lowest BCUT2D eigenvalue weighted by molar-refractivity contribution is 0.0950. The van der Waals surface area contributed by atoms with E-state index in [4.69, 9.17) is 0 Å². The molecule has 0 unspecified atom stereocenters. The molecule has 1 aliphatic heterocycles. The van der Waals surface area contributed by atoms with E-state index >= 15 is 0 Å². The fourth-order valence-corrected chi connectivity index (χ4v) is 2.77. The second-order valence-corrected chi connectivity index (χ2v) is 6.15. The van der Waals surface area contributed by atoms with Gasteiger partial charge in [0.15, 0.2) is 0 Å². The molecule has 0 saturated carbocycles. The van der Waals surface area contributed by atoms with E-state index in [9.17, 15) is 4.79 Å². The van der Waals surface area contributed by atoms with Crippen molar-refractivity contribution < 1.29 is 4.79 Å². The van der Waals surface area contributed by atoms with E-state index in [0.717, 1.165) is 24.6 Å². The first-order valence-corrected chi connectivity index (χ1v) is 8.26. The van der Waals surface area contributed by atoms with Gasteiger partial charge in [0.25, 0.3) is 5.91 Å². The molecule has 0 spiro atoms. The molecule has 1 aromatic carbocycles. The van der Waals surface area contributed by atoms with Gasteiger partial charge in [-0.05, 0) is 43.2 Å². The fraction of sp³-hybridized carbons (Fsp3) is 0.389. The average Bonchev–Trinajstić information content (AvgIpc) is 3.15. The zero-order chi connectivity index (χ0) is 16.9. The van der Waals surface area contributed by atoms with Gasteiger partial charge in [-0.2, -0.15) is 0 Å². The summed E-state index contributed by atoms with van der Waals surface area (Å²) in [7, 11) is 3.94. The third kappa shape index (κ3) is 3.82. The van der Waals surface area contributed by atoms with Crippen molar-refractivity contribution in [1.82, 2.24) is 15.3 Å². The monoisotopic (exact) mass is 325 g/mol. The highest BCUT2D eigenvalue weighted by molar-refractivity contribution is 5.94. The molecule has 1 aliphatic rings. The van der Waals surface area contributed by atoms with Crippen molar-refractivity contribution >= 4 is 17.4 Å². The molecule has 0 radical (unpaired) electrons. The van der Waals surface area contributed by atoms with Crippen molar-refractivity contribution in [1.29, 1.82) is 0 Å². The zero-order valence-corrected chi connectivity index (χ0v) is 14.2. The molecule has 24 heavy (non-hydrogen) atoms. The molecule has 1 fully saturated rings. The van der Waals surface area contributed by atoms with Gasteiger partial charge in [0, 0.05) is 44.6 Å². The number of rotatable bonds is 5. The number of amides is 1. The van der Waals surface area contributed by atoms with Crippen molar-refractivity contribution in [2.75, 3.05) is 37.0 Å². The highest BCUT2D eigenvalue weighted by atomic mass is 16.1. The van der Waals surface area contributed by atoms with Crippen LogP contribution in [0.3, 0.4) is 0 Å². The molecule has 2 aromatic rings. The van der Waals surface area contributed by atoms with Gasteiger partial charge in [0.05, 0.1) is 6.54 Å². The lowest BCUT2D eigenvalue weighted by Gasteiger charge is -2.16. The highest BCUT2D eigenvalue weighted by Gasteiger charge is 2.14. The standard InChI is InChI=1S/C18H23N5O/c1-22(2)15-7-5-14(6-8-15)18(24)20-13-16-19-10-9-17(21-16)23-11-3-4-12-23/h5-10H,3-4,11-13H2,1-2H3,(H,20,24). The Morgan fingerprint density at radius 1 is 1.17 bits per heavy atom. The van der Waals surface area contributed by atoms with Gasteiger partial charge in [0.1, 0.15) is 11.6 Å². The maximum absolute atomic E-state index is 12.2. The minimum absolute atomic E-state index is 0.115. The van der Waals surface area contributed by atoms with Crippen LogP contribution in [0.2, 0.25) is 0 Å². The Morgan fingerprint density at radius 3 is 2.54 bits per heavy atom. The Labute approximate surface area is 142 Å². The van der Waals surface area contributed by atoms with E-state index < -0.39 is 0 Å². The number of aromatic nitrogens is 2. The molecule has 0 aliphatic carbocycles. The van der Waals surface area contributed by atoms with Crippen LogP contribution in [0.1, 0.15) is 29.0 Å². The average molecular weight is 325 g/mol. The summed E-state index contributed by atoms with van der Waals surface area (Å²) in [5.74, 6) is 1.47. The zero-order valence-electron chi connectivity index (χ0n) is 14.2. The van der Waals surface area contributed by atoms with Gasteiger partial charge in [0.2, 0.25) is 0 Å². The summed E-state index contributed by atoms with van der Waals surface area (Å²) in [6.07, 6.45) is 4.17. The van der Waals surface area contributed by atoms with Crippen LogP contribution in [0, 0.1) is 0 Å². The van der Waals surface area contributed by atoms with Crippen molar-refractivity contribution in [3.8, 4) is 0 Å². The van der Waals surface area contributed by atoms with Crippen molar-refractivity contribution in [2.45, 2.75) is 19.4 Å². The van der Waals surface area contributed by atoms with Crippen LogP contribution in [-0.2, 0) is 6.54 Å². The van der Waals surface area contributed by atoms with E-state index in [1.54, 1.807) is 6.20 Å². The second kappa shape index (κ2) is 7.29. The number of benzene rings is 1. The predicted octanol–water partition coefficient (Wildman–Crippen LogP) is 2.07. The van der Waals surface area contributed by atoms with Crippen LogP contribution < -0.4 is 15.1 Å². The van der Waals surface area contributed by atoms with Gasteiger partial charge < -0.3 is 15.1 Å². The number of nitrogens with one attached hydrogen (secondary N) is 1. The Kier molecular flexibility index (Phi) is 4.93. The highest BCUT2D eigenvalue weighted by Crippen LogP contribution is 2.17.